The van der Waals surface area contributed by atoms with E-state index in [-0.39, 0.29) is 11.9 Å². The molecular weight excluding hydrogens is 200 g/mol. The molecule has 0 bridgehead atoms. The molecule has 80 valence electrons. The van der Waals surface area contributed by atoms with Crippen LogP contribution in [0.2, 0.25) is 0 Å². The maximum Gasteiger partial charge on any atom is 0.252 e. The van der Waals surface area contributed by atoms with Crippen molar-refractivity contribution < 1.29 is 9.53 Å². The van der Waals surface area contributed by atoms with Gasteiger partial charge in [0, 0.05) is 6.61 Å². The molecule has 5 heteroatoms. The Labute approximate surface area is 89.2 Å². The number of nitrogens with two attached hydrogens (primary N) is 1. The molecule has 0 aromatic carbocycles. The number of thiocarbonyl (C=S) groups is 1. The van der Waals surface area contributed by atoms with Crippen LogP contribution in [-0.4, -0.2) is 29.1 Å². The SMILES string of the molecule is CC(NC(=O)C1(C)CCCO1)C(N)=S. The lowest BCUT2D eigenvalue weighted by molar-refractivity contribution is -0.139. The molecule has 1 aliphatic rings. The summed E-state index contributed by atoms with van der Waals surface area (Å²) in [5, 5.41) is 2.73. The molecule has 1 saturated heterocycles. The number of rotatable bonds is 3. The van der Waals surface area contributed by atoms with Crippen molar-refractivity contribution in [1.82, 2.24) is 5.32 Å². The van der Waals surface area contributed by atoms with Crippen LogP contribution in [0.1, 0.15) is 26.7 Å². The Morgan fingerprint density at radius 2 is 2.36 bits per heavy atom. The highest BCUT2D eigenvalue weighted by molar-refractivity contribution is 7.80. The minimum Gasteiger partial charge on any atom is -0.392 e. The molecule has 0 aromatic rings. The van der Waals surface area contributed by atoms with Crippen molar-refractivity contribution in [3.8, 4) is 0 Å². The second-order valence-corrected chi connectivity index (χ2v) is 4.25. The van der Waals surface area contributed by atoms with Crippen molar-refractivity contribution in [2.24, 2.45) is 5.73 Å². The minimum atomic E-state index is -0.695. The second kappa shape index (κ2) is 4.23. The maximum atomic E-state index is 11.7. The van der Waals surface area contributed by atoms with E-state index in [9.17, 15) is 4.79 Å². The van der Waals surface area contributed by atoms with Crippen LogP contribution >= 0.6 is 12.2 Å². The fourth-order valence-electron chi connectivity index (χ4n) is 1.38. The largest absolute Gasteiger partial charge is 0.392 e. The third-order valence-corrected chi connectivity index (χ3v) is 2.83. The van der Waals surface area contributed by atoms with Gasteiger partial charge in [-0.2, -0.15) is 0 Å². The molecule has 1 fully saturated rings. The minimum absolute atomic E-state index is 0.129. The van der Waals surface area contributed by atoms with Crippen LogP contribution in [-0.2, 0) is 9.53 Å². The van der Waals surface area contributed by atoms with Gasteiger partial charge < -0.3 is 15.8 Å². The molecule has 0 radical (unpaired) electrons. The Kier molecular flexibility index (Phi) is 3.44. The maximum absolute atomic E-state index is 11.7. The lowest BCUT2D eigenvalue weighted by Crippen LogP contribution is -2.50. The molecule has 0 aromatic heterocycles. The zero-order valence-corrected chi connectivity index (χ0v) is 9.32. The first kappa shape index (κ1) is 11.4. The highest BCUT2D eigenvalue weighted by Crippen LogP contribution is 2.25. The summed E-state index contributed by atoms with van der Waals surface area (Å²) in [5.74, 6) is -0.129. The number of carbonyl (C=O) groups is 1. The van der Waals surface area contributed by atoms with E-state index in [1.807, 2.05) is 0 Å². The van der Waals surface area contributed by atoms with Gasteiger partial charge in [-0.3, -0.25) is 4.79 Å². The smallest absolute Gasteiger partial charge is 0.252 e. The van der Waals surface area contributed by atoms with Crippen LogP contribution in [0.25, 0.3) is 0 Å². The Morgan fingerprint density at radius 3 is 2.79 bits per heavy atom. The van der Waals surface area contributed by atoms with E-state index in [0.29, 0.717) is 11.6 Å². The molecular formula is C9H16N2O2S. The van der Waals surface area contributed by atoms with Crippen molar-refractivity contribution in [2.45, 2.75) is 38.3 Å². The number of carbonyl (C=O) groups excluding carboxylic acids is 1. The molecule has 1 aliphatic heterocycles. The van der Waals surface area contributed by atoms with E-state index in [4.69, 9.17) is 22.7 Å². The van der Waals surface area contributed by atoms with E-state index in [1.54, 1.807) is 13.8 Å². The number of nitrogens with one attached hydrogen (secondary N) is 1. The molecule has 4 nitrogen and oxygen atoms in total. The van der Waals surface area contributed by atoms with Crippen molar-refractivity contribution in [2.75, 3.05) is 6.61 Å². The summed E-state index contributed by atoms with van der Waals surface area (Å²) in [5.41, 5.74) is 4.71. The van der Waals surface area contributed by atoms with Crippen molar-refractivity contribution in [3.05, 3.63) is 0 Å². The first-order valence-corrected chi connectivity index (χ1v) is 5.11. The van der Waals surface area contributed by atoms with E-state index in [1.165, 1.54) is 0 Å². The first-order valence-electron chi connectivity index (χ1n) is 4.70. The second-order valence-electron chi connectivity index (χ2n) is 3.78. The summed E-state index contributed by atoms with van der Waals surface area (Å²) in [4.78, 5) is 12.0. The van der Waals surface area contributed by atoms with Crippen molar-refractivity contribution in [3.63, 3.8) is 0 Å². The molecule has 1 amide bonds. The van der Waals surface area contributed by atoms with E-state index in [0.717, 1.165) is 12.8 Å². The van der Waals surface area contributed by atoms with Gasteiger partial charge in [-0.1, -0.05) is 12.2 Å². The standard InChI is InChI=1S/C9H16N2O2S/c1-6(7(10)14)11-8(12)9(2)4-3-5-13-9/h6H,3-5H2,1-2H3,(H2,10,14)(H,11,12). The first-order chi connectivity index (χ1) is 6.46. The fraction of sp³-hybridized carbons (Fsp3) is 0.778. The van der Waals surface area contributed by atoms with Gasteiger partial charge in [0.25, 0.3) is 5.91 Å². The zero-order chi connectivity index (χ0) is 10.8. The molecule has 1 rings (SSSR count). The Morgan fingerprint density at radius 1 is 1.71 bits per heavy atom. The summed E-state index contributed by atoms with van der Waals surface area (Å²) in [7, 11) is 0. The predicted octanol–water partition coefficient (Wildman–Crippen LogP) is 0.346. The van der Waals surface area contributed by atoms with Gasteiger partial charge in [0.15, 0.2) is 0 Å². The van der Waals surface area contributed by atoms with Crippen LogP contribution in [0.3, 0.4) is 0 Å². The molecule has 0 aliphatic carbocycles. The van der Waals surface area contributed by atoms with Gasteiger partial charge in [-0.05, 0) is 26.7 Å². The van der Waals surface area contributed by atoms with Crippen molar-refractivity contribution >= 4 is 23.1 Å². The topological polar surface area (TPSA) is 64.3 Å². The molecule has 2 atom stereocenters. The fourth-order valence-corrected chi connectivity index (χ4v) is 1.44. The van der Waals surface area contributed by atoms with Gasteiger partial charge in [-0.15, -0.1) is 0 Å². The third kappa shape index (κ3) is 2.42. The monoisotopic (exact) mass is 216 g/mol. The Hall–Kier alpha value is -0.680. The number of ether oxygens (including phenoxy) is 1. The summed E-state index contributed by atoms with van der Waals surface area (Å²) in [6.07, 6.45) is 1.67. The molecule has 1 heterocycles. The van der Waals surface area contributed by atoms with Crippen LogP contribution in [0, 0.1) is 0 Å². The summed E-state index contributed by atoms with van der Waals surface area (Å²) in [6, 6.07) is -0.279. The van der Waals surface area contributed by atoms with Gasteiger partial charge in [0.1, 0.15) is 5.60 Å². The average molecular weight is 216 g/mol. The molecule has 0 saturated carbocycles. The Balaban J connectivity index is 2.53. The Bertz CT molecular complexity index is 249. The molecule has 2 unspecified atom stereocenters. The van der Waals surface area contributed by atoms with Gasteiger partial charge in [-0.25, -0.2) is 0 Å². The summed E-state index contributed by atoms with van der Waals surface area (Å²) in [6.45, 7) is 4.20. The number of hydrogen-bond donors (Lipinski definition) is 2. The lowest BCUT2D eigenvalue weighted by Gasteiger charge is -2.24. The average Bonchev–Trinajstić information content (AvgIpc) is 2.53. The number of amides is 1. The molecule has 0 spiro atoms. The summed E-state index contributed by atoms with van der Waals surface area (Å²) < 4.78 is 5.39. The normalized spacial score (nSPS) is 28.4. The van der Waals surface area contributed by atoms with Crippen LogP contribution < -0.4 is 11.1 Å². The van der Waals surface area contributed by atoms with Crippen LogP contribution in [0.4, 0.5) is 0 Å². The molecule has 14 heavy (non-hydrogen) atoms. The van der Waals surface area contributed by atoms with E-state index < -0.39 is 5.60 Å². The van der Waals surface area contributed by atoms with Crippen LogP contribution in [0.15, 0.2) is 0 Å². The van der Waals surface area contributed by atoms with Crippen LogP contribution in [0.5, 0.6) is 0 Å². The zero-order valence-electron chi connectivity index (χ0n) is 8.50. The highest BCUT2D eigenvalue weighted by atomic mass is 32.1. The quantitative estimate of drug-likeness (QED) is 0.668. The lowest BCUT2D eigenvalue weighted by atomic mass is 10.0. The van der Waals surface area contributed by atoms with Gasteiger partial charge >= 0.3 is 0 Å². The van der Waals surface area contributed by atoms with E-state index >= 15 is 0 Å². The van der Waals surface area contributed by atoms with Crippen molar-refractivity contribution in [1.29, 1.82) is 0 Å². The van der Waals surface area contributed by atoms with Gasteiger partial charge in [0.2, 0.25) is 0 Å². The molecule has 3 N–H and O–H groups in total. The van der Waals surface area contributed by atoms with Gasteiger partial charge in [0.05, 0.1) is 11.0 Å². The van der Waals surface area contributed by atoms with E-state index in [2.05, 4.69) is 5.32 Å². The predicted molar refractivity (Wildman–Crippen MR) is 58.0 cm³/mol. The highest BCUT2D eigenvalue weighted by Gasteiger charge is 2.38. The summed E-state index contributed by atoms with van der Waals surface area (Å²) >= 11 is 4.77. The third-order valence-electron chi connectivity index (χ3n) is 2.47. The number of hydrogen-bond acceptors (Lipinski definition) is 3.